The minimum absolute atomic E-state index is 0.155. The SMILES string of the molecule is C=[n+]1c(C(Nc2c(C(C)C)cccc2C(C)C)c2cc3ccccc3c3ccccc23)ccc/c1=c1/cccc2c1=CC=CC2. The summed E-state index contributed by atoms with van der Waals surface area (Å²) in [4.78, 5) is 0. The van der Waals surface area contributed by atoms with E-state index in [2.05, 4.69) is 165 Å². The quantitative estimate of drug-likeness (QED) is 0.152. The number of pyridine rings is 1. The molecule has 1 aliphatic rings. The van der Waals surface area contributed by atoms with E-state index in [-0.39, 0.29) is 6.04 Å². The summed E-state index contributed by atoms with van der Waals surface area (Å²) in [6, 6.07) is 39.9. The number of para-hydroxylation sites is 1. The summed E-state index contributed by atoms with van der Waals surface area (Å²) in [7, 11) is 0. The lowest BCUT2D eigenvalue weighted by molar-refractivity contribution is -0.520. The molecule has 0 radical (unpaired) electrons. The molecule has 1 heterocycles. The summed E-state index contributed by atoms with van der Waals surface area (Å²) < 4.78 is 2.16. The van der Waals surface area contributed by atoms with Crippen LogP contribution in [0, 0.1) is 17.3 Å². The van der Waals surface area contributed by atoms with E-state index < -0.39 is 0 Å². The molecule has 2 heteroatoms. The van der Waals surface area contributed by atoms with Crippen molar-refractivity contribution in [3.05, 3.63) is 172 Å². The van der Waals surface area contributed by atoms with Crippen LogP contribution < -0.4 is 14.8 Å². The van der Waals surface area contributed by atoms with E-state index in [1.807, 2.05) is 0 Å². The average molecular weight is 586 g/mol. The molecule has 1 unspecified atom stereocenters. The number of nitrogens with one attached hydrogen (secondary N) is 1. The monoisotopic (exact) mass is 585 g/mol. The normalized spacial score (nSPS) is 14.1. The van der Waals surface area contributed by atoms with Gasteiger partial charge in [0.2, 0.25) is 11.0 Å². The van der Waals surface area contributed by atoms with E-state index in [0.29, 0.717) is 11.8 Å². The Labute approximate surface area is 266 Å². The molecule has 6 aromatic rings. The molecular weight excluding hydrogens is 544 g/mol. The van der Waals surface area contributed by atoms with Gasteiger partial charge < -0.3 is 5.32 Å². The Morgan fingerprint density at radius 2 is 1.33 bits per heavy atom. The van der Waals surface area contributed by atoms with Crippen LogP contribution in [0.5, 0.6) is 0 Å². The molecule has 0 bridgehead atoms. The number of fused-ring (bicyclic) bond motifs is 4. The van der Waals surface area contributed by atoms with Gasteiger partial charge in [-0.3, -0.25) is 0 Å². The number of anilines is 1. The fourth-order valence-corrected chi connectivity index (χ4v) is 7.11. The molecule has 0 spiro atoms. The molecule has 45 heavy (non-hydrogen) atoms. The number of nitrogens with zero attached hydrogens (tertiary/aromatic N) is 1. The van der Waals surface area contributed by atoms with Crippen molar-refractivity contribution in [1.29, 1.82) is 0 Å². The van der Waals surface area contributed by atoms with Crippen LogP contribution in [0.4, 0.5) is 5.69 Å². The fraction of sp³-hybridized carbons (Fsp3) is 0.186. The van der Waals surface area contributed by atoms with Crippen LogP contribution in [0.25, 0.3) is 27.6 Å². The number of hydrogen-bond donors (Lipinski definition) is 1. The first-order chi connectivity index (χ1) is 21.9. The summed E-state index contributed by atoms with van der Waals surface area (Å²) in [6.07, 6.45) is 7.59. The maximum absolute atomic E-state index is 4.74. The highest BCUT2D eigenvalue weighted by molar-refractivity contribution is 6.09. The van der Waals surface area contributed by atoms with Gasteiger partial charge in [-0.1, -0.05) is 125 Å². The molecule has 5 aromatic carbocycles. The summed E-state index contributed by atoms with van der Waals surface area (Å²) >= 11 is 0. The zero-order chi connectivity index (χ0) is 31.1. The van der Waals surface area contributed by atoms with Crippen molar-refractivity contribution < 1.29 is 4.24 Å². The van der Waals surface area contributed by atoms with E-state index >= 15 is 0 Å². The summed E-state index contributed by atoms with van der Waals surface area (Å²) in [5.41, 5.74) is 7.61. The van der Waals surface area contributed by atoms with Gasteiger partial charge in [-0.2, -0.15) is 4.24 Å². The van der Waals surface area contributed by atoms with Gasteiger partial charge in [-0.15, -0.1) is 0 Å². The highest BCUT2D eigenvalue weighted by atomic mass is 15.0. The van der Waals surface area contributed by atoms with Crippen LogP contribution >= 0.6 is 0 Å². The van der Waals surface area contributed by atoms with Crippen molar-refractivity contribution >= 4 is 33.3 Å². The van der Waals surface area contributed by atoms with Crippen LogP contribution in [0.3, 0.4) is 0 Å². The van der Waals surface area contributed by atoms with Gasteiger partial charge in [-0.05, 0) is 85.5 Å². The second-order valence-electron chi connectivity index (χ2n) is 12.9. The summed E-state index contributed by atoms with van der Waals surface area (Å²) in [5, 5.41) is 12.8. The van der Waals surface area contributed by atoms with Crippen molar-refractivity contribution in [2.45, 2.75) is 52.0 Å². The van der Waals surface area contributed by atoms with Gasteiger partial charge in [0.1, 0.15) is 12.8 Å². The third-order valence-corrected chi connectivity index (χ3v) is 9.40. The lowest BCUT2D eigenvalue weighted by Crippen LogP contribution is -2.31. The first-order valence-corrected chi connectivity index (χ1v) is 16.2. The molecule has 0 fully saturated rings. The Kier molecular flexibility index (Phi) is 7.59. The number of rotatable bonds is 6. The van der Waals surface area contributed by atoms with Crippen molar-refractivity contribution in [1.82, 2.24) is 0 Å². The van der Waals surface area contributed by atoms with Crippen molar-refractivity contribution in [3.8, 4) is 0 Å². The maximum atomic E-state index is 4.74. The minimum Gasteiger partial charge on any atom is -0.369 e. The largest absolute Gasteiger partial charge is 0.369 e. The van der Waals surface area contributed by atoms with E-state index in [0.717, 1.165) is 17.5 Å². The molecule has 2 nitrogen and oxygen atoms in total. The van der Waals surface area contributed by atoms with Crippen LogP contribution in [0.1, 0.15) is 73.5 Å². The third-order valence-electron chi connectivity index (χ3n) is 9.40. The Morgan fingerprint density at radius 3 is 2.09 bits per heavy atom. The third kappa shape index (κ3) is 5.15. The zero-order valence-corrected chi connectivity index (χ0v) is 26.7. The minimum atomic E-state index is -0.155. The van der Waals surface area contributed by atoms with E-state index in [9.17, 15) is 0 Å². The van der Waals surface area contributed by atoms with Crippen LogP contribution in [0.2, 0.25) is 0 Å². The zero-order valence-electron chi connectivity index (χ0n) is 26.7. The number of allylic oxidation sites excluding steroid dienone is 2. The molecule has 7 rings (SSSR count). The molecule has 0 aliphatic heterocycles. The van der Waals surface area contributed by atoms with E-state index in [1.165, 1.54) is 59.9 Å². The first-order valence-electron chi connectivity index (χ1n) is 16.2. The topological polar surface area (TPSA) is 17.9 Å². The van der Waals surface area contributed by atoms with Gasteiger partial charge in [0.05, 0.1) is 5.22 Å². The Bertz CT molecular complexity index is 2280. The van der Waals surface area contributed by atoms with Crippen LogP contribution in [-0.4, -0.2) is 0 Å². The number of hydrogen-bond acceptors (Lipinski definition) is 1. The summed E-state index contributed by atoms with van der Waals surface area (Å²) in [6.45, 7) is 13.9. The van der Waals surface area contributed by atoms with E-state index in [1.54, 1.807) is 0 Å². The van der Waals surface area contributed by atoms with Gasteiger partial charge in [0.25, 0.3) is 0 Å². The molecular formula is C43H41N2+. The van der Waals surface area contributed by atoms with Crippen molar-refractivity contribution in [3.63, 3.8) is 0 Å². The van der Waals surface area contributed by atoms with Crippen molar-refractivity contribution in [2.75, 3.05) is 5.32 Å². The number of benzene rings is 5. The molecule has 0 amide bonds. The molecule has 1 aliphatic carbocycles. The second kappa shape index (κ2) is 11.9. The smallest absolute Gasteiger partial charge is 0.218 e. The highest BCUT2D eigenvalue weighted by Gasteiger charge is 2.27. The molecule has 0 saturated carbocycles. The standard InChI is InChI=1S/C43H41N2/c1-28(2)32-22-13-23-33(29(3)4)42(32)44-43(39-27-31-16-7-9-19-35(31)36-20-10-11-21-37(36)39)41-26-14-25-40(45(41)5)38-24-12-17-30-15-6-8-18-34(30)38/h6-14,16-29,43-44H,5,15H2,1-4H3/q+1/b40-38+. The van der Waals surface area contributed by atoms with Crippen LogP contribution in [-0.2, 0) is 6.42 Å². The molecule has 1 N–H and O–H groups in total. The van der Waals surface area contributed by atoms with Crippen LogP contribution in [0.15, 0.2) is 121 Å². The molecule has 1 atom stereocenters. The molecule has 1 aromatic heterocycles. The lowest BCUT2D eigenvalue weighted by atomic mass is 9.89. The predicted molar refractivity (Wildman–Crippen MR) is 190 cm³/mol. The van der Waals surface area contributed by atoms with E-state index in [4.69, 9.17) is 6.72 Å². The molecule has 222 valence electrons. The second-order valence-corrected chi connectivity index (χ2v) is 12.9. The van der Waals surface area contributed by atoms with Gasteiger partial charge in [-0.25, -0.2) is 0 Å². The summed E-state index contributed by atoms with van der Waals surface area (Å²) in [5.74, 6) is 0.746. The number of aromatic nitrogens is 1. The lowest BCUT2D eigenvalue weighted by Gasteiger charge is -2.26. The average Bonchev–Trinajstić information content (AvgIpc) is 3.07. The maximum Gasteiger partial charge on any atom is 0.218 e. The Hall–Kier alpha value is -4.95. The first kappa shape index (κ1) is 28.8. The Morgan fingerprint density at radius 1 is 0.667 bits per heavy atom. The highest BCUT2D eigenvalue weighted by Crippen LogP contribution is 2.39. The van der Waals surface area contributed by atoms with Gasteiger partial charge in [0, 0.05) is 17.8 Å². The Balaban J connectivity index is 1.58. The predicted octanol–water partition coefficient (Wildman–Crippen LogP) is 9.55. The van der Waals surface area contributed by atoms with Gasteiger partial charge >= 0.3 is 0 Å². The fourth-order valence-electron chi connectivity index (χ4n) is 7.11. The van der Waals surface area contributed by atoms with Gasteiger partial charge in [0.15, 0.2) is 0 Å². The van der Waals surface area contributed by atoms with Crippen molar-refractivity contribution in [2.24, 2.45) is 0 Å². The molecule has 0 saturated heterocycles.